The molecule has 0 atom stereocenters. The minimum Gasteiger partial charge on any atom is -0.487 e. The van der Waals surface area contributed by atoms with Crippen molar-refractivity contribution in [1.82, 2.24) is 15.2 Å². The molecule has 170 valence electrons. The Morgan fingerprint density at radius 2 is 1.85 bits per heavy atom. The van der Waals surface area contributed by atoms with Gasteiger partial charge in [0.1, 0.15) is 18.2 Å². The van der Waals surface area contributed by atoms with Gasteiger partial charge in [-0.05, 0) is 48.9 Å². The summed E-state index contributed by atoms with van der Waals surface area (Å²) in [6, 6.07) is 19.9. The second-order valence-corrected chi connectivity index (χ2v) is 9.59. The van der Waals surface area contributed by atoms with Gasteiger partial charge in [0.2, 0.25) is 10.0 Å². The Balaban J connectivity index is 1.59. The lowest BCUT2D eigenvalue weighted by molar-refractivity contribution is 0.308. The monoisotopic (exact) mass is 483 g/mol. The van der Waals surface area contributed by atoms with Crippen LogP contribution in [0.5, 0.6) is 5.75 Å². The molecule has 0 aliphatic carbocycles. The van der Waals surface area contributed by atoms with Gasteiger partial charge in [-0.3, -0.25) is 9.82 Å². The quantitative estimate of drug-likeness (QED) is 0.301. The van der Waals surface area contributed by atoms with Gasteiger partial charge in [-0.1, -0.05) is 35.9 Å². The van der Waals surface area contributed by atoms with Crippen LogP contribution in [0.4, 0.5) is 17.3 Å². The zero-order valence-electron chi connectivity index (χ0n) is 17.7. The van der Waals surface area contributed by atoms with Gasteiger partial charge in [-0.2, -0.15) is 5.10 Å². The van der Waals surface area contributed by atoms with Gasteiger partial charge in [-0.15, -0.1) is 0 Å². The maximum Gasteiger partial charge on any atom is 0.232 e. The van der Waals surface area contributed by atoms with Crippen molar-refractivity contribution in [2.45, 2.75) is 13.5 Å². The molecule has 0 aliphatic rings. The van der Waals surface area contributed by atoms with E-state index in [4.69, 9.17) is 16.3 Å². The maximum atomic E-state index is 12.2. The molecule has 0 unspecified atom stereocenters. The molecule has 0 aliphatic heterocycles. The van der Waals surface area contributed by atoms with Crippen molar-refractivity contribution in [3.05, 3.63) is 83.5 Å². The summed E-state index contributed by atoms with van der Waals surface area (Å²) in [5.74, 6) is 1.62. The van der Waals surface area contributed by atoms with Crippen LogP contribution in [0.25, 0.3) is 11.3 Å². The molecule has 33 heavy (non-hydrogen) atoms. The van der Waals surface area contributed by atoms with Crippen LogP contribution in [-0.4, -0.2) is 29.4 Å². The number of H-pyrrole nitrogens is 1. The minimum absolute atomic E-state index is 0.0471. The number of pyridine rings is 1. The normalized spacial score (nSPS) is 11.2. The molecule has 0 spiro atoms. The van der Waals surface area contributed by atoms with Crippen molar-refractivity contribution >= 4 is 38.9 Å². The van der Waals surface area contributed by atoms with E-state index in [0.29, 0.717) is 28.1 Å². The van der Waals surface area contributed by atoms with Crippen LogP contribution in [0.15, 0.2) is 72.9 Å². The fourth-order valence-electron chi connectivity index (χ4n) is 2.98. The molecule has 2 heterocycles. The van der Waals surface area contributed by atoms with Crippen LogP contribution in [0.1, 0.15) is 12.5 Å². The van der Waals surface area contributed by atoms with E-state index in [0.717, 1.165) is 16.8 Å². The highest BCUT2D eigenvalue weighted by Crippen LogP contribution is 2.32. The number of hydrogen-bond acceptors (Lipinski definition) is 6. The van der Waals surface area contributed by atoms with Crippen molar-refractivity contribution < 1.29 is 13.2 Å². The highest BCUT2D eigenvalue weighted by Gasteiger charge is 2.14. The number of aromatic nitrogens is 3. The highest BCUT2D eigenvalue weighted by atomic mass is 35.5. The third-order valence-electron chi connectivity index (χ3n) is 4.74. The van der Waals surface area contributed by atoms with Gasteiger partial charge < -0.3 is 10.1 Å². The summed E-state index contributed by atoms with van der Waals surface area (Å²) in [6.07, 6.45) is 1.69. The maximum absolute atomic E-state index is 12.2. The van der Waals surface area contributed by atoms with Gasteiger partial charge in [-0.25, -0.2) is 13.4 Å². The molecule has 0 saturated carbocycles. The Bertz CT molecular complexity index is 1330. The number of nitrogens with zero attached hydrogens (tertiary/aromatic N) is 2. The molecule has 4 rings (SSSR count). The summed E-state index contributed by atoms with van der Waals surface area (Å²) < 4.78 is 32.9. The van der Waals surface area contributed by atoms with E-state index in [1.165, 1.54) is 0 Å². The summed E-state index contributed by atoms with van der Waals surface area (Å²) >= 11 is 5.95. The molecule has 3 N–H and O–H groups in total. The summed E-state index contributed by atoms with van der Waals surface area (Å²) in [5.41, 5.74) is 2.77. The van der Waals surface area contributed by atoms with Crippen molar-refractivity contribution in [3.63, 3.8) is 0 Å². The average Bonchev–Trinajstić information content (AvgIpc) is 3.28. The predicted octanol–water partition coefficient (Wildman–Crippen LogP) is 5.21. The fourth-order valence-corrected chi connectivity index (χ4v) is 3.75. The highest BCUT2D eigenvalue weighted by molar-refractivity contribution is 7.92. The summed E-state index contributed by atoms with van der Waals surface area (Å²) in [7, 11) is -3.48. The van der Waals surface area contributed by atoms with Crippen LogP contribution in [0, 0.1) is 0 Å². The van der Waals surface area contributed by atoms with E-state index in [2.05, 4.69) is 25.2 Å². The molecule has 2 aromatic carbocycles. The first-order valence-corrected chi connectivity index (χ1v) is 12.2. The van der Waals surface area contributed by atoms with E-state index in [1.54, 1.807) is 43.5 Å². The van der Waals surface area contributed by atoms with Crippen LogP contribution in [0.2, 0.25) is 5.02 Å². The Hall–Kier alpha value is -3.56. The van der Waals surface area contributed by atoms with Crippen molar-refractivity contribution in [1.29, 1.82) is 0 Å². The van der Waals surface area contributed by atoms with E-state index >= 15 is 0 Å². The average molecular weight is 484 g/mol. The first kappa shape index (κ1) is 22.6. The van der Waals surface area contributed by atoms with E-state index in [-0.39, 0.29) is 12.4 Å². The first-order valence-electron chi connectivity index (χ1n) is 10.2. The Morgan fingerprint density at radius 1 is 1.03 bits per heavy atom. The third kappa shape index (κ3) is 6.03. The van der Waals surface area contributed by atoms with E-state index < -0.39 is 10.0 Å². The molecule has 0 amide bonds. The molecule has 0 fully saturated rings. The molecule has 10 heteroatoms. The number of anilines is 3. The van der Waals surface area contributed by atoms with Crippen LogP contribution >= 0.6 is 11.6 Å². The van der Waals surface area contributed by atoms with Gasteiger partial charge in [0.15, 0.2) is 5.82 Å². The van der Waals surface area contributed by atoms with Gasteiger partial charge >= 0.3 is 0 Å². The minimum atomic E-state index is -3.48. The van der Waals surface area contributed by atoms with E-state index in [1.807, 2.05) is 36.4 Å². The number of benzene rings is 2. The van der Waals surface area contributed by atoms with Crippen molar-refractivity contribution in [2.75, 3.05) is 15.8 Å². The van der Waals surface area contributed by atoms with Crippen LogP contribution < -0.4 is 14.8 Å². The molecule has 4 aromatic rings. The Morgan fingerprint density at radius 3 is 2.58 bits per heavy atom. The lowest BCUT2D eigenvalue weighted by atomic mass is 10.1. The molecule has 0 saturated heterocycles. The molecule has 2 aromatic heterocycles. The standard InChI is InChI=1S/C23H22ClN5O3S/c1-2-33(30,31)29-19-11-8-17(13-21(19)32-15-16-6-9-18(24)10-7-16)20-14-23(28-27-20)26-22-5-3-4-12-25-22/h3-14,29H,2,15H2,1H3,(H2,25,26,27,28). The lowest BCUT2D eigenvalue weighted by Crippen LogP contribution is -2.15. The Labute approximate surface area is 197 Å². The van der Waals surface area contributed by atoms with E-state index in [9.17, 15) is 8.42 Å². The summed E-state index contributed by atoms with van der Waals surface area (Å²) in [6.45, 7) is 1.82. The zero-order valence-corrected chi connectivity index (χ0v) is 19.3. The number of sulfonamides is 1. The topological polar surface area (TPSA) is 109 Å². The molecule has 8 nitrogen and oxygen atoms in total. The lowest BCUT2D eigenvalue weighted by Gasteiger charge is -2.14. The summed E-state index contributed by atoms with van der Waals surface area (Å²) in [4.78, 5) is 4.22. The van der Waals surface area contributed by atoms with Crippen molar-refractivity contribution in [2.24, 2.45) is 0 Å². The number of rotatable bonds is 9. The first-order chi connectivity index (χ1) is 15.9. The number of nitrogens with one attached hydrogen (secondary N) is 3. The fraction of sp³-hybridized carbons (Fsp3) is 0.130. The SMILES string of the molecule is CCS(=O)(=O)Nc1ccc(-c2cc(Nc3ccccn3)n[nH]2)cc1OCc1ccc(Cl)cc1. The van der Waals surface area contributed by atoms with Gasteiger partial charge in [0, 0.05) is 22.8 Å². The smallest absolute Gasteiger partial charge is 0.232 e. The number of ether oxygens (including phenoxy) is 1. The molecular formula is C23H22ClN5O3S. The number of aromatic amines is 1. The molecule has 0 bridgehead atoms. The third-order valence-corrected chi connectivity index (χ3v) is 6.29. The van der Waals surface area contributed by atoms with Gasteiger partial charge in [0.25, 0.3) is 0 Å². The zero-order chi connectivity index (χ0) is 23.3. The van der Waals surface area contributed by atoms with Crippen LogP contribution in [0.3, 0.4) is 0 Å². The second-order valence-electron chi connectivity index (χ2n) is 7.14. The van der Waals surface area contributed by atoms with Crippen molar-refractivity contribution in [3.8, 4) is 17.0 Å². The Kier molecular flexibility index (Phi) is 6.81. The molecular weight excluding hydrogens is 462 g/mol. The second kappa shape index (κ2) is 9.93. The van der Waals surface area contributed by atoms with Gasteiger partial charge in [0.05, 0.1) is 17.1 Å². The predicted molar refractivity (Wildman–Crippen MR) is 130 cm³/mol. The number of hydrogen-bond donors (Lipinski definition) is 3. The number of halogens is 1. The molecule has 0 radical (unpaired) electrons. The van der Waals surface area contributed by atoms with Crippen LogP contribution in [-0.2, 0) is 16.6 Å². The largest absolute Gasteiger partial charge is 0.487 e. The summed E-state index contributed by atoms with van der Waals surface area (Å²) in [5, 5.41) is 11.0.